The molecule has 0 bridgehead atoms. The molecule has 6 nitrogen and oxygen atoms in total. The van der Waals surface area contributed by atoms with E-state index in [1.807, 2.05) is 19.1 Å². The smallest absolute Gasteiger partial charge is 0.262 e. The first-order valence-electron chi connectivity index (χ1n) is 5.63. The molecule has 2 heterocycles. The summed E-state index contributed by atoms with van der Waals surface area (Å²) in [6, 6.07) is 5.43. The Bertz CT molecular complexity index is 632. The molecule has 2 rings (SSSR count). The predicted molar refractivity (Wildman–Crippen MR) is 67.5 cm³/mol. The average Bonchev–Trinajstić information content (AvgIpc) is 3.04. The number of H-pyrrole nitrogens is 1. The Labute approximate surface area is 109 Å². The van der Waals surface area contributed by atoms with Crippen LogP contribution in [-0.4, -0.2) is 15.9 Å². The molecule has 2 N–H and O–H groups in total. The second kappa shape index (κ2) is 5.69. The Morgan fingerprint density at radius 1 is 1.63 bits per heavy atom. The molecule has 0 spiro atoms. The second-order valence-electron chi connectivity index (χ2n) is 3.84. The number of nitriles is 1. The van der Waals surface area contributed by atoms with Crippen molar-refractivity contribution in [1.29, 1.82) is 5.26 Å². The van der Waals surface area contributed by atoms with E-state index in [1.54, 1.807) is 18.5 Å². The highest BCUT2D eigenvalue weighted by molar-refractivity contribution is 6.01. The van der Waals surface area contributed by atoms with Gasteiger partial charge in [0.25, 0.3) is 5.91 Å². The Kier molecular flexibility index (Phi) is 3.78. The quantitative estimate of drug-likeness (QED) is 0.640. The molecule has 96 valence electrons. The first kappa shape index (κ1) is 12.6. The molecule has 19 heavy (non-hydrogen) atoms. The largest absolute Gasteiger partial charge is 0.465 e. The van der Waals surface area contributed by atoms with Gasteiger partial charge in [-0.2, -0.15) is 5.26 Å². The van der Waals surface area contributed by atoms with Crippen LogP contribution in [0, 0.1) is 18.3 Å². The zero-order valence-corrected chi connectivity index (χ0v) is 10.3. The van der Waals surface area contributed by atoms with E-state index >= 15 is 0 Å². The maximum absolute atomic E-state index is 11.8. The van der Waals surface area contributed by atoms with E-state index in [0.717, 1.165) is 5.76 Å². The van der Waals surface area contributed by atoms with E-state index in [-0.39, 0.29) is 12.1 Å². The van der Waals surface area contributed by atoms with Gasteiger partial charge in [-0.15, -0.1) is 0 Å². The van der Waals surface area contributed by atoms with Gasteiger partial charge in [-0.25, -0.2) is 4.98 Å². The number of hydrogen-bond acceptors (Lipinski definition) is 4. The molecule has 0 aliphatic carbocycles. The zero-order valence-electron chi connectivity index (χ0n) is 10.3. The molecule has 0 aliphatic rings. The third-order valence-electron chi connectivity index (χ3n) is 2.38. The topological polar surface area (TPSA) is 94.7 Å². The van der Waals surface area contributed by atoms with Crippen LogP contribution in [0.5, 0.6) is 0 Å². The monoisotopic (exact) mass is 256 g/mol. The Morgan fingerprint density at radius 2 is 2.47 bits per heavy atom. The minimum atomic E-state index is -0.465. The Balaban J connectivity index is 2.00. The van der Waals surface area contributed by atoms with Crippen LogP contribution in [0.2, 0.25) is 0 Å². The van der Waals surface area contributed by atoms with Gasteiger partial charge >= 0.3 is 0 Å². The number of nitrogens with zero attached hydrogens (tertiary/aromatic N) is 2. The van der Waals surface area contributed by atoms with Gasteiger partial charge in [-0.3, -0.25) is 4.79 Å². The van der Waals surface area contributed by atoms with Gasteiger partial charge in [-0.05, 0) is 19.1 Å². The number of aromatic nitrogens is 2. The Morgan fingerprint density at radius 3 is 3.05 bits per heavy atom. The lowest BCUT2D eigenvalue weighted by Gasteiger charge is -2.01. The van der Waals surface area contributed by atoms with Crippen LogP contribution in [0.4, 0.5) is 0 Å². The van der Waals surface area contributed by atoms with E-state index in [4.69, 9.17) is 9.68 Å². The highest BCUT2D eigenvalue weighted by atomic mass is 16.3. The summed E-state index contributed by atoms with van der Waals surface area (Å²) in [5, 5.41) is 11.6. The van der Waals surface area contributed by atoms with Gasteiger partial charge in [0.1, 0.15) is 29.0 Å². The van der Waals surface area contributed by atoms with Gasteiger partial charge in [0, 0.05) is 18.5 Å². The molecule has 2 aromatic rings. The van der Waals surface area contributed by atoms with Crippen molar-refractivity contribution in [3.05, 3.63) is 47.4 Å². The van der Waals surface area contributed by atoms with Crippen LogP contribution >= 0.6 is 0 Å². The molecule has 0 saturated carbocycles. The summed E-state index contributed by atoms with van der Waals surface area (Å²) in [6.07, 6.45) is 4.55. The van der Waals surface area contributed by atoms with E-state index < -0.39 is 5.91 Å². The van der Waals surface area contributed by atoms with Crippen molar-refractivity contribution in [1.82, 2.24) is 15.3 Å². The molecule has 0 atom stereocenters. The summed E-state index contributed by atoms with van der Waals surface area (Å²) < 4.78 is 5.32. The van der Waals surface area contributed by atoms with Crippen molar-refractivity contribution in [3.8, 4) is 6.07 Å². The van der Waals surface area contributed by atoms with Crippen LogP contribution in [0.1, 0.15) is 17.3 Å². The lowest BCUT2D eigenvalue weighted by Crippen LogP contribution is -2.23. The van der Waals surface area contributed by atoms with Gasteiger partial charge < -0.3 is 14.7 Å². The number of hydrogen-bond donors (Lipinski definition) is 2. The number of carbonyl (C=O) groups is 1. The number of rotatable bonds is 4. The molecule has 2 aromatic heterocycles. The Hall–Kier alpha value is -2.81. The zero-order chi connectivity index (χ0) is 13.7. The van der Waals surface area contributed by atoms with Crippen molar-refractivity contribution < 1.29 is 9.21 Å². The van der Waals surface area contributed by atoms with Crippen LogP contribution in [0.25, 0.3) is 6.08 Å². The molecule has 0 saturated heterocycles. The third kappa shape index (κ3) is 3.33. The summed E-state index contributed by atoms with van der Waals surface area (Å²) in [6.45, 7) is 2.06. The second-order valence-corrected chi connectivity index (χ2v) is 3.84. The van der Waals surface area contributed by atoms with Crippen molar-refractivity contribution in [2.75, 3.05) is 0 Å². The predicted octanol–water partition coefficient (Wildman–Crippen LogP) is 1.53. The van der Waals surface area contributed by atoms with Crippen LogP contribution in [0.15, 0.2) is 34.5 Å². The summed E-state index contributed by atoms with van der Waals surface area (Å²) in [4.78, 5) is 18.5. The first-order chi connectivity index (χ1) is 9.19. The first-order valence-corrected chi connectivity index (χ1v) is 5.63. The van der Waals surface area contributed by atoms with E-state index in [1.165, 1.54) is 6.08 Å². The minimum Gasteiger partial charge on any atom is -0.465 e. The number of aryl methyl sites for hydroxylation is 1. The van der Waals surface area contributed by atoms with E-state index in [9.17, 15) is 4.79 Å². The molecule has 0 unspecified atom stereocenters. The van der Waals surface area contributed by atoms with Gasteiger partial charge in [0.15, 0.2) is 0 Å². The fourth-order valence-electron chi connectivity index (χ4n) is 1.48. The van der Waals surface area contributed by atoms with Gasteiger partial charge in [-0.1, -0.05) is 0 Å². The number of aromatic amines is 1. The normalized spacial score (nSPS) is 11.1. The fourth-order valence-corrected chi connectivity index (χ4v) is 1.48. The molecule has 0 aromatic carbocycles. The highest BCUT2D eigenvalue weighted by Gasteiger charge is 2.10. The van der Waals surface area contributed by atoms with Crippen LogP contribution < -0.4 is 5.32 Å². The standard InChI is InChI=1S/C13H12N4O2/c1-9-2-3-11(19-9)8-17-13(18)10(7-14)6-12-15-4-5-16-12/h2-6H,8H2,1H3,(H,15,16)(H,17,18)/b10-6-. The summed E-state index contributed by atoms with van der Waals surface area (Å²) in [7, 11) is 0. The van der Waals surface area contributed by atoms with Gasteiger partial charge in [0.2, 0.25) is 0 Å². The van der Waals surface area contributed by atoms with E-state index in [0.29, 0.717) is 11.6 Å². The molecule has 0 radical (unpaired) electrons. The van der Waals surface area contributed by atoms with Crippen molar-refractivity contribution in [2.45, 2.75) is 13.5 Å². The minimum absolute atomic E-state index is 0.0155. The summed E-state index contributed by atoms with van der Waals surface area (Å²) in [5.74, 6) is 1.41. The molecular formula is C13H12N4O2. The summed E-state index contributed by atoms with van der Waals surface area (Å²) in [5.41, 5.74) is -0.0155. The number of carbonyl (C=O) groups excluding carboxylic acids is 1. The molecule has 1 amide bonds. The SMILES string of the molecule is Cc1ccc(CNC(=O)/C(C#N)=C\c2ncc[nH]2)o1. The third-order valence-corrected chi connectivity index (χ3v) is 2.38. The maximum atomic E-state index is 11.8. The number of furan rings is 1. The molecule has 0 fully saturated rings. The number of amides is 1. The summed E-state index contributed by atoms with van der Waals surface area (Å²) >= 11 is 0. The van der Waals surface area contributed by atoms with Crippen LogP contribution in [0.3, 0.4) is 0 Å². The number of nitrogens with one attached hydrogen (secondary N) is 2. The fraction of sp³-hybridized carbons (Fsp3) is 0.154. The van der Waals surface area contributed by atoms with Crippen molar-refractivity contribution in [2.24, 2.45) is 0 Å². The molecule has 6 heteroatoms. The van der Waals surface area contributed by atoms with Crippen molar-refractivity contribution >= 4 is 12.0 Å². The highest BCUT2D eigenvalue weighted by Crippen LogP contribution is 2.06. The molecular weight excluding hydrogens is 244 g/mol. The molecule has 0 aliphatic heterocycles. The van der Waals surface area contributed by atoms with E-state index in [2.05, 4.69) is 15.3 Å². The lowest BCUT2D eigenvalue weighted by molar-refractivity contribution is -0.117. The lowest BCUT2D eigenvalue weighted by atomic mass is 10.2. The maximum Gasteiger partial charge on any atom is 0.262 e. The van der Waals surface area contributed by atoms with Crippen molar-refractivity contribution in [3.63, 3.8) is 0 Å². The van der Waals surface area contributed by atoms with Gasteiger partial charge in [0.05, 0.1) is 6.54 Å². The van der Waals surface area contributed by atoms with Crippen LogP contribution in [-0.2, 0) is 11.3 Å². The average molecular weight is 256 g/mol. The number of imidazole rings is 1.